The molecule has 2 atom stereocenters. The lowest BCUT2D eigenvalue weighted by Crippen LogP contribution is -2.36. The van der Waals surface area contributed by atoms with E-state index in [1.807, 2.05) is 24.3 Å². The Balaban J connectivity index is 1.84. The fourth-order valence-electron chi connectivity index (χ4n) is 3.78. The van der Waals surface area contributed by atoms with Gasteiger partial charge in [-0.05, 0) is 42.3 Å². The molecule has 0 aliphatic carbocycles. The summed E-state index contributed by atoms with van der Waals surface area (Å²) < 4.78 is 5.24. The molecular formula is C23H26Cl2N2O3. The largest absolute Gasteiger partial charge is 0.497 e. The summed E-state index contributed by atoms with van der Waals surface area (Å²) in [5.41, 5.74) is 1.39. The lowest BCUT2D eigenvalue weighted by molar-refractivity contribution is -0.124. The smallest absolute Gasteiger partial charge is 0.255 e. The number of halogens is 2. The predicted molar refractivity (Wildman–Crippen MR) is 120 cm³/mol. The Bertz CT molecular complexity index is 902. The van der Waals surface area contributed by atoms with Gasteiger partial charge < -0.3 is 15.0 Å². The molecule has 0 saturated carbocycles. The molecule has 1 heterocycles. The van der Waals surface area contributed by atoms with Gasteiger partial charge in [-0.1, -0.05) is 48.7 Å². The van der Waals surface area contributed by atoms with Crippen molar-refractivity contribution in [3.05, 3.63) is 63.6 Å². The van der Waals surface area contributed by atoms with Crippen LogP contribution < -0.4 is 10.1 Å². The molecule has 1 saturated heterocycles. The van der Waals surface area contributed by atoms with Crippen LogP contribution in [0.1, 0.15) is 41.6 Å². The summed E-state index contributed by atoms with van der Waals surface area (Å²) in [6.45, 7) is 3.50. The minimum atomic E-state index is -0.328. The van der Waals surface area contributed by atoms with Crippen LogP contribution in [-0.4, -0.2) is 43.5 Å². The lowest BCUT2D eigenvalue weighted by atomic mass is 9.88. The summed E-state index contributed by atoms with van der Waals surface area (Å²) in [5.74, 6) is 0.0974. The first-order valence-corrected chi connectivity index (χ1v) is 10.9. The zero-order valence-electron chi connectivity index (χ0n) is 17.2. The zero-order chi connectivity index (χ0) is 21.7. The van der Waals surface area contributed by atoms with E-state index in [9.17, 15) is 9.59 Å². The summed E-state index contributed by atoms with van der Waals surface area (Å²) in [5, 5.41) is 3.80. The number of ether oxygens (including phenoxy) is 1. The number of rotatable bonds is 7. The van der Waals surface area contributed by atoms with Crippen LogP contribution >= 0.6 is 23.2 Å². The Morgan fingerprint density at radius 1 is 1.13 bits per heavy atom. The number of amides is 2. The maximum absolute atomic E-state index is 13.1. The molecule has 30 heavy (non-hydrogen) atoms. The van der Waals surface area contributed by atoms with E-state index >= 15 is 0 Å². The van der Waals surface area contributed by atoms with Crippen LogP contribution in [0, 0.1) is 5.92 Å². The second-order valence-electron chi connectivity index (χ2n) is 7.47. The van der Waals surface area contributed by atoms with Crippen LogP contribution in [0.3, 0.4) is 0 Å². The number of hydrogen-bond acceptors (Lipinski definition) is 3. The molecule has 2 unspecified atom stereocenters. The monoisotopic (exact) mass is 448 g/mol. The molecule has 5 nitrogen and oxygen atoms in total. The van der Waals surface area contributed by atoms with Crippen molar-refractivity contribution in [3.8, 4) is 5.75 Å². The second kappa shape index (κ2) is 10.2. The van der Waals surface area contributed by atoms with Gasteiger partial charge in [0.15, 0.2) is 0 Å². The van der Waals surface area contributed by atoms with Gasteiger partial charge in [0.1, 0.15) is 5.75 Å². The maximum Gasteiger partial charge on any atom is 0.255 e. The molecule has 0 radical (unpaired) electrons. The molecule has 1 fully saturated rings. The third-order valence-electron chi connectivity index (χ3n) is 5.48. The van der Waals surface area contributed by atoms with Gasteiger partial charge in [-0.2, -0.15) is 0 Å². The van der Waals surface area contributed by atoms with Gasteiger partial charge in [-0.15, -0.1) is 0 Å². The van der Waals surface area contributed by atoms with Crippen LogP contribution in [0.4, 0.5) is 0 Å². The Hall–Kier alpha value is -2.24. The average molecular weight is 449 g/mol. The summed E-state index contributed by atoms with van der Waals surface area (Å²) in [6, 6.07) is 12.5. The van der Waals surface area contributed by atoms with E-state index in [0.717, 1.165) is 24.2 Å². The number of nitrogens with one attached hydrogen (secondary N) is 1. The van der Waals surface area contributed by atoms with Crippen molar-refractivity contribution in [2.24, 2.45) is 5.92 Å². The standard InChI is InChI=1S/C23H26Cl2N2O3/c1-3-4-11-26-22(28)20-14-27(23(29)18-10-7-16(24)12-21(18)25)13-19(20)15-5-8-17(30-2)9-6-15/h5-10,12,19-20H,3-4,11,13-14H2,1-2H3,(H,26,28). The first kappa shape index (κ1) is 22.4. The van der Waals surface area contributed by atoms with Crippen LogP contribution in [0.25, 0.3) is 0 Å². The van der Waals surface area contributed by atoms with Gasteiger partial charge in [0.25, 0.3) is 5.91 Å². The third-order valence-corrected chi connectivity index (χ3v) is 6.03. The van der Waals surface area contributed by atoms with Gasteiger partial charge >= 0.3 is 0 Å². The first-order valence-electron chi connectivity index (χ1n) is 10.1. The fraction of sp³-hybridized carbons (Fsp3) is 0.391. The highest BCUT2D eigenvalue weighted by Gasteiger charge is 2.40. The van der Waals surface area contributed by atoms with Crippen LogP contribution in [0.15, 0.2) is 42.5 Å². The highest BCUT2D eigenvalue weighted by molar-refractivity contribution is 6.36. The first-order chi connectivity index (χ1) is 14.4. The quantitative estimate of drug-likeness (QED) is 0.620. The Kier molecular flexibility index (Phi) is 7.62. The Morgan fingerprint density at radius 3 is 2.50 bits per heavy atom. The van der Waals surface area contributed by atoms with Gasteiger partial charge in [0, 0.05) is 30.6 Å². The molecular weight excluding hydrogens is 423 g/mol. The predicted octanol–water partition coefficient (Wildman–Crippen LogP) is 4.77. The minimum Gasteiger partial charge on any atom is -0.497 e. The summed E-state index contributed by atoms with van der Waals surface area (Å²) in [6.07, 6.45) is 1.93. The highest BCUT2D eigenvalue weighted by atomic mass is 35.5. The summed E-state index contributed by atoms with van der Waals surface area (Å²) in [7, 11) is 1.62. The molecule has 0 aromatic heterocycles. The van der Waals surface area contributed by atoms with Gasteiger partial charge in [-0.3, -0.25) is 9.59 Å². The minimum absolute atomic E-state index is 0.0261. The lowest BCUT2D eigenvalue weighted by Gasteiger charge is -2.18. The van der Waals surface area contributed by atoms with E-state index in [2.05, 4.69) is 12.2 Å². The number of carbonyl (C=O) groups is 2. The van der Waals surface area contributed by atoms with Gasteiger partial charge in [0.05, 0.1) is 23.6 Å². The topological polar surface area (TPSA) is 58.6 Å². The summed E-state index contributed by atoms with van der Waals surface area (Å²) in [4.78, 5) is 27.8. The highest BCUT2D eigenvalue weighted by Crippen LogP contribution is 2.35. The Morgan fingerprint density at radius 2 is 1.87 bits per heavy atom. The second-order valence-corrected chi connectivity index (χ2v) is 8.31. The average Bonchev–Trinajstić information content (AvgIpc) is 3.19. The van der Waals surface area contributed by atoms with Crippen LogP contribution in [0.5, 0.6) is 5.75 Å². The van der Waals surface area contributed by atoms with Crippen molar-refractivity contribution in [1.82, 2.24) is 10.2 Å². The van der Waals surface area contributed by atoms with E-state index in [4.69, 9.17) is 27.9 Å². The molecule has 1 aliphatic heterocycles. The van der Waals surface area contributed by atoms with Crippen molar-refractivity contribution in [2.75, 3.05) is 26.7 Å². The van der Waals surface area contributed by atoms with Gasteiger partial charge in [0.2, 0.25) is 5.91 Å². The molecule has 7 heteroatoms. The third kappa shape index (κ3) is 5.08. The normalized spacial score (nSPS) is 18.3. The molecule has 1 aliphatic rings. The molecule has 160 valence electrons. The van der Waals surface area contributed by atoms with Crippen LogP contribution in [0.2, 0.25) is 10.0 Å². The fourth-order valence-corrected chi connectivity index (χ4v) is 4.27. The molecule has 2 aromatic carbocycles. The SMILES string of the molecule is CCCCNC(=O)C1CN(C(=O)c2ccc(Cl)cc2Cl)CC1c1ccc(OC)cc1. The maximum atomic E-state index is 13.1. The van der Waals surface area contributed by atoms with E-state index in [-0.39, 0.29) is 23.7 Å². The van der Waals surface area contributed by atoms with E-state index < -0.39 is 0 Å². The number of hydrogen-bond donors (Lipinski definition) is 1. The molecule has 2 aromatic rings. The Labute approximate surface area is 187 Å². The van der Waals surface area contributed by atoms with Crippen molar-refractivity contribution >= 4 is 35.0 Å². The number of likely N-dealkylation sites (tertiary alicyclic amines) is 1. The molecule has 2 amide bonds. The zero-order valence-corrected chi connectivity index (χ0v) is 18.7. The van der Waals surface area contributed by atoms with Crippen molar-refractivity contribution in [1.29, 1.82) is 0 Å². The van der Waals surface area contributed by atoms with E-state index in [1.54, 1.807) is 30.2 Å². The van der Waals surface area contributed by atoms with E-state index in [1.165, 1.54) is 0 Å². The number of benzene rings is 2. The van der Waals surface area contributed by atoms with Crippen molar-refractivity contribution < 1.29 is 14.3 Å². The number of nitrogens with zero attached hydrogens (tertiary/aromatic N) is 1. The van der Waals surface area contributed by atoms with Crippen molar-refractivity contribution in [3.63, 3.8) is 0 Å². The van der Waals surface area contributed by atoms with Gasteiger partial charge in [-0.25, -0.2) is 0 Å². The van der Waals surface area contributed by atoms with Crippen molar-refractivity contribution in [2.45, 2.75) is 25.7 Å². The molecule has 0 spiro atoms. The summed E-state index contributed by atoms with van der Waals surface area (Å²) >= 11 is 12.2. The molecule has 3 rings (SSSR count). The molecule has 1 N–H and O–H groups in total. The molecule has 0 bridgehead atoms. The number of carbonyl (C=O) groups excluding carboxylic acids is 2. The number of methoxy groups -OCH3 is 1. The van der Waals surface area contributed by atoms with Crippen LogP contribution in [-0.2, 0) is 4.79 Å². The number of unbranched alkanes of at least 4 members (excludes halogenated alkanes) is 1. The van der Waals surface area contributed by atoms with E-state index in [0.29, 0.717) is 35.2 Å².